The number of phenols is 2. The zero-order valence-corrected chi connectivity index (χ0v) is 58.8. The maximum Gasteiger partial charge on any atom is 0.416 e. The Hall–Kier alpha value is -10.9. The summed E-state index contributed by atoms with van der Waals surface area (Å²) in [5.41, 5.74) is 11.5. The first-order chi connectivity index (χ1) is 51.3. The molecule has 7 aromatic rings. The Morgan fingerprint density at radius 1 is 0.440 bits per heavy atom. The number of hydrazine groups is 1. The van der Waals surface area contributed by atoms with Gasteiger partial charge in [-0.1, -0.05) is 103 Å². The molecule has 0 aliphatic carbocycles. The molecule has 5 aliphatic rings. The summed E-state index contributed by atoms with van der Waals surface area (Å²) in [6.07, 6.45) is -16.7. The second kappa shape index (κ2) is 37.3. The van der Waals surface area contributed by atoms with Gasteiger partial charge in [0.2, 0.25) is 23.6 Å². The van der Waals surface area contributed by atoms with Crippen molar-refractivity contribution in [3.63, 3.8) is 0 Å². The molecule has 33 heteroatoms. The van der Waals surface area contributed by atoms with Gasteiger partial charge in [-0.15, -0.1) is 0 Å². The van der Waals surface area contributed by atoms with Gasteiger partial charge in [0.25, 0.3) is 17.7 Å². The third-order valence-electron chi connectivity index (χ3n) is 18.3. The average Bonchev–Trinajstić information content (AvgIpc) is 1.63. The van der Waals surface area contributed by atoms with E-state index in [0.29, 0.717) is 94.4 Å². The lowest BCUT2D eigenvalue weighted by Crippen LogP contribution is -2.35. The highest BCUT2D eigenvalue weighted by molar-refractivity contribution is 6.21. The highest BCUT2D eigenvalue weighted by Gasteiger charge is 2.42. The Labute approximate surface area is 618 Å². The zero-order valence-electron chi connectivity index (χ0n) is 58.8. The van der Waals surface area contributed by atoms with Gasteiger partial charge < -0.3 is 51.7 Å². The first-order valence-corrected chi connectivity index (χ1v) is 33.9. The fourth-order valence-corrected chi connectivity index (χ4v) is 12.7. The molecule has 12 rings (SSSR count). The second-order valence-electron chi connectivity index (χ2n) is 26.3. The van der Waals surface area contributed by atoms with Gasteiger partial charge in [-0.2, -0.15) is 52.7 Å². The number of aromatic hydroxyl groups is 2. The summed E-state index contributed by atoms with van der Waals surface area (Å²) in [6, 6.07) is 37.1. The van der Waals surface area contributed by atoms with E-state index in [9.17, 15) is 96.1 Å². The van der Waals surface area contributed by atoms with Gasteiger partial charge in [0.15, 0.2) is 0 Å². The fraction of sp³-hybridized carbons (Fsp3) is 0.342. The monoisotopic (exact) mass is 1540 g/mol. The largest absolute Gasteiger partial charge is 0.507 e. The molecule has 4 unspecified atom stereocenters. The first kappa shape index (κ1) is 85.4. The van der Waals surface area contributed by atoms with Crippen molar-refractivity contribution in [1.29, 1.82) is 0 Å². The molecular formula is C76H80F12N10O11. The number of fused-ring (bicyclic) bond motifs is 1. The van der Waals surface area contributed by atoms with Crippen LogP contribution in [0, 0.1) is 37.5 Å². The Kier molecular flexibility index (Phi) is 29.2. The Bertz CT molecular complexity index is 4280. The number of hydrogen-bond donors (Lipinski definition) is 8. The maximum atomic E-state index is 13.2. The summed E-state index contributed by atoms with van der Waals surface area (Å²) >= 11 is 0. The number of carbonyl (C=O) groups excluding carboxylic acids is 7. The number of nitrogens with two attached hydrogens (primary N) is 4. The molecule has 4 fully saturated rings. The Morgan fingerprint density at radius 3 is 1.18 bits per heavy atom. The summed E-state index contributed by atoms with van der Waals surface area (Å²) in [5.74, 6) is 4.03. The number of carboxylic acids is 1. The van der Waals surface area contributed by atoms with Crippen molar-refractivity contribution in [2.45, 2.75) is 90.4 Å². The van der Waals surface area contributed by atoms with Gasteiger partial charge >= 0.3 is 30.7 Å². The molecule has 4 atom stereocenters. The molecular weight excluding hydrogens is 1460 g/mol. The Balaban J connectivity index is 0.000000192. The highest BCUT2D eigenvalue weighted by Crippen LogP contribution is 2.38. The number of halogens is 12. The number of nitrogens with zero attached hydrogens (tertiary/aromatic N) is 5. The minimum absolute atomic E-state index is 0.00891. The van der Waals surface area contributed by atoms with Crippen LogP contribution in [-0.2, 0) is 70.1 Å². The minimum Gasteiger partial charge on any atom is -0.507 e. The standard InChI is InChI=1S/C21H21F3N2O3.C21H20N2O3.2C13H15F3N2O.C8H5F3O3.H4N2/c1-13-6-7-18(27)16(8-13)20(29)25-10-14-9-19(28)26(11-14)12-15-4-2-3-5-17(15)21(22,23)24;1-14-6-2-3-7-16(14)13-22-11-15(10-19(22)24)12-23-20(25)17-8-4-5-9-18(17)21(23)26;2*14-13(15,16)11-4-2-1-3-10(11)8-18-7-9(6-17)5-12(18)19;9-8(10,11)4-1-2-6(12)5(3-4)7(13)14;1-2/h2-8,14,27H,9-12H2,1H3,(H,25,29);2-9,15H,10-13H2,1H3;2*1-4,9H,5-8,17H2;1-3,12H,(H,13,14);1-2H2. The highest BCUT2D eigenvalue weighted by atomic mass is 19.4. The molecule has 0 bridgehead atoms. The molecule has 0 spiro atoms. The van der Waals surface area contributed by atoms with E-state index in [1.807, 2.05) is 36.1 Å². The van der Waals surface area contributed by atoms with E-state index in [2.05, 4.69) is 17.0 Å². The number of phenolic OH excluding ortho intramolecular Hbond substituents is 1. The van der Waals surface area contributed by atoms with Crippen LogP contribution < -0.4 is 28.5 Å². The molecule has 0 aromatic heterocycles. The van der Waals surface area contributed by atoms with Crippen molar-refractivity contribution < 1.29 is 106 Å². The fourth-order valence-electron chi connectivity index (χ4n) is 12.7. The van der Waals surface area contributed by atoms with Crippen LogP contribution in [0.2, 0.25) is 0 Å². The quantitative estimate of drug-likeness (QED) is 0.0193. The normalized spacial score (nSPS) is 17.7. The van der Waals surface area contributed by atoms with Gasteiger partial charge in [0.1, 0.15) is 17.1 Å². The molecule has 7 aromatic carbocycles. The van der Waals surface area contributed by atoms with Crippen molar-refractivity contribution in [2.75, 3.05) is 52.4 Å². The molecule has 0 saturated carbocycles. The number of aromatic carboxylic acids is 1. The van der Waals surface area contributed by atoms with Crippen molar-refractivity contribution in [1.82, 2.24) is 29.8 Å². The number of nitrogens with one attached hydrogen (secondary N) is 1. The van der Waals surface area contributed by atoms with E-state index in [-0.39, 0.29) is 126 Å². The molecule has 12 N–H and O–H groups in total. The first-order valence-electron chi connectivity index (χ1n) is 33.9. The smallest absolute Gasteiger partial charge is 0.416 e. The molecule has 4 saturated heterocycles. The van der Waals surface area contributed by atoms with Gasteiger partial charge in [0.05, 0.1) is 38.9 Å². The molecule has 21 nitrogen and oxygen atoms in total. The van der Waals surface area contributed by atoms with Crippen LogP contribution in [0.5, 0.6) is 11.5 Å². The maximum absolute atomic E-state index is 13.2. The van der Waals surface area contributed by atoms with E-state index >= 15 is 0 Å². The van der Waals surface area contributed by atoms with E-state index in [0.717, 1.165) is 34.9 Å². The number of aryl methyl sites for hydroxylation is 2. The molecule has 584 valence electrons. The van der Waals surface area contributed by atoms with Gasteiger partial charge in [-0.3, -0.25) is 50.1 Å². The summed E-state index contributed by atoms with van der Waals surface area (Å²) in [6.45, 7) is 7.19. The predicted molar refractivity (Wildman–Crippen MR) is 373 cm³/mol. The number of imide groups is 1. The molecule has 0 radical (unpaired) electrons. The lowest BCUT2D eigenvalue weighted by molar-refractivity contribution is -0.139. The van der Waals surface area contributed by atoms with Crippen LogP contribution >= 0.6 is 0 Å². The number of amides is 7. The van der Waals surface area contributed by atoms with Gasteiger partial charge in [-0.05, 0) is 127 Å². The molecule has 5 heterocycles. The van der Waals surface area contributed by atoms with E-state index in [1.54, 1.807) is 55.5 Å². The number of rotatable bonds is 16. The number of alkyl halides is 12. The summed E-state index contributed by atoms with van der Waals surface area (Å²) < 4.78 is 153. The molecule has 109 heavy (non-hydrogen) atoms. The number of carboxylic acid groups (broad SMARTS) is 1. The third kappa shape index (κ3) is 23.1. The number of benzene rings is 7. The molecule has 5 aliphatic heterocycles. The van der Waals surface area contributed by atoms with E-state index < -0.39 is 70.1 Å². The van der Waals surface area contributed by atoms with Crippen LogP contribution in [0.25, 0.3) is 0 Å². The van der Waals surface area contributed by atoms with Gasteiger partial charge in [-0.25, -0.2) is 4.79 Å². The average molecular weight is 1540 g/mol. The van der Waals surface area contributed by atoms with Crippen molar-refractivity contribution in [2.24, 2.45) is 46.8 Å². The topological polar surface area (TPSA) is 330 Å². The summed E-state index contributed by atoms with van der Waals surface area (Å²) in [7, 11) is 0. The van der Waals surface area contributed by atoms with Crippen molar-refractivity contribution in [3.8, 4) is 11.5 Å². The van der Waals surface area contributed by atoms with E-state index in [1.165, 1.54) is 68.1 Å². The van der Waals surface area contributed by atoms with Gasteiger partial charge in [0, 0.05) is 103 Å². The lowest BCUT2D eigenvalue weighted by Gasteiger charge is -2.20. The third-order valence-corrected chi connectivity index (χ3v) is 18.3. The van der Waals surface area contributed by atoms with Crippen molar-refractivity contribution >= 4 is 47.3 Å². The minimum atomic E-state index is -4.61. The van der Waals surface area contributed by atoms with Crippen LogP contribution in [0.4, 0.5) is 52.7 Å². The summed E-state index contributed by atoms with van der Waals surface area (Å²) in [5, 5.41) is 29.9. The lowest BCUT2D eigenvalue weighted by atomic mass is 10.1. The van der Waals surface area contributed by atoms with Crippen LogP contribution in [0.1, 0.15) is 123 Å². The van der Waals surface area contributed by atoms with Crippen LogP contribution in [-0.4, -0.2) is 139 Å². The number of hydrogen-bond acceptors (Lipinski definition) is 14. The Morgan fingerprint density at radius 2 is 0.789 bits per heavy atom. The SMILES string of the molecule is Cc1ccc(O)c(C(=O)NCC2CC(=O)N(Cc3ccccc3C(F)(F)F)C2)c1.Cc1ccccc1CN1CC(CN2C(=O)c3ccccc3C2=O)CC1=O.NCC1CC(=O)N(Cc2ccccc2C(F)(F)F)C1.NCC1CC(=O)N(Cc2ccccc2C(F)(F)F)C1.NN.O=C(O)c1cc(C(F)(F)F)ccc1O. The predicted octanol–water partition coefficient (Wildman–Crippen LogP) is 11.1. The zero-order chi connectivity index (χ0) is 80.5. The number of likely N-dealkylation sites (tertiary alicyclic amines) is 4. The van der Waals surface area contributed by atoms with Crippen LogP contribution in [0.15, 0.2) is 158 Å². The second-order valence-corrected chi connectivity index (χ2v) is 26.3. The van der Waals surface area contributed by atoms with E-state index in [4.69, 9.17) is 21.7 Å². The van der Waals surface area contributed by atoms with Crippen molar-refractivity contribution in [3.05, 3.63) is 236 Å². The molecule has 7 amide bonds. The van der Waals surface area contributed by atoms with Crippen LogP contribution in [0.3, 0.4) is 0 Å². The summed E-state index contributed by atoms with van der Waals surface area (Å²) in [4.78, 5) is 103. The number of carbonyl (C=O) groups is 8.